The lowest BCUT2D eigenvalue weighted by atomic mass is 9.98. The van der Waals surface area contributed by atoms with Gasteiger partial charge in [-0.15, -0.1) is 12.3 Å². The Labute approximate surface area is 179 Å². The summed E-state index contributed by atoms with van der Waals surface area (Å²) >= 11 is 1.63. The van der Waals surface area contributed by atoms with Gasteiger partial charge in [0.1, 0.15) is 5.82 Å². The number of nitrogens with two attached hydrogens (primary N) is 2. The Kier molecular flexibility index (Phi) is 8.84. The van der Waals surface area contributed by atoms with Crippen molar-refractivity contribution in [2.45, 2.75) is 23.9 Å². The highest BCUT2D eigenvalue weighted by atomic mass is 32.2. The van der Waals surface area contributed by atoms with Crippen LogP contribution in [0.5, 0.6) is 0 Å². The normalized spacial score (nSPS) is 15.7. The van der Waals surface area contributed by atoms with Crippen molar-refractivity contribution in [1.29, 1.82) is 0 Å². The Morgan fingerprint density at radius 1 is 1.13 bits per heavy atom. The Bertz CT molecular complexity index is 811. The van der Waals surface area contributed by atoms with E-state index in [1.807, 2.05) is 6.07 Å². The summed E-state index contributed by atoms with van der Waals surface area (Å²) in [4.78, 5) is 7.29. The zero-order valence-electron chi connectivity index (χ0n) is 16.8. The van der Waals surface area contributed by atoms with E-state index in [4.69, 9.17) is 11.5 Å². The van der Waals surface area contributed by atoms with Gasteiger partial charge in [-0.25, -0.2) is 9.29 Å². The third kappa shape index (κ3) is 6.83. The smallest absolute Gasteiger partial charge is 0.384 e. The number of pyridine rings is 1. The number of nitrogen functional groups attached to an aromatic ring is 1. The molecule has 1 aliphatic heterocycles. The minimum Gasteiger partial charge on any atom is -0.384 e. The number of piperazine rings is 1. The molecule has 0 radical (unpaired) electrons. The van der Waals surface area contributed by atoms with Crippen molar-refractivity contribution in [3.63, 3.8) is 0 Å². The summed E-state index contributed by atoms with van der Waals surface area (Å²) in [7, 11) is 0. The highest BCUT2D eigenvalue weighted by molar-refractivity contribution is 7.97. The zero-order valence-corrected chi connectivity index (χ0v) is 17.6. The lowest BCUT2D eigenvalue weighted by molar-refractivity contribution is -0.148. The molecular formula is C21H26F3N5S. The van der Waals surface area contributed by atoms with E-state index in [2.05, 4.69) is 26.5 Å². The van der Waals surface area contributed by atoms with Crippen LogP contribution >= 0.6 is 11.9 Å². The van der Waals surface area contributed by atoms with Crippen LogP contribution in [0.2, 0.25) is 0 Å². The molecule has 30 heavy (non-hydrogen) atoms. The molecular weight excluding hydrogens is 411 g/mol. The van der Waals surface area contributed by atoms with Gasteiger partial charge in [-0.1, -0.05) is 12.1 Å². The Morgan fingerprint density at radius 3 is 2.20 bits per heavy atom. The first-order valence-electron chi connectivity index (χ1n) is 9.42. The molecule has 1 fully saturated rings. The van der Waals surface area contributed by atoms with E-state index in [0.29, 0.717) is 5.82 Å². The van der Waals surface area contributed by atoms with Gasteiger partial charge in [0.25, 0.3) is 0 Å². The lowest BCUT2D eigenvalue weighted by Gasteiger charge is -2.35. The van der Waals surface area contributed by atoms with E-state index < -0.39 is 18.6 Å². The standard InChI is InChI=1S/C18H22F3N5S.C3H4/c19-18(20,21)16(11-22)13-1-3-14(4-2-13)25-7-9-26(10-8-25)27-15-5-6-17(23)24-12-15;1-3-2/h1-6,12,16H,7-11,22H2,(H2,23,24);1H,2H3. The number of hydrogen-bond acceptors (Lipinski definition) is 6. The van der Waals surface area contributed by atoms with Gasteiger partial charge in [0.05, 0.1) is 5.92 Å². The average molecular weight is 438 g/mol. The zero-order chi connectivity index (χ0) is 22.1. The summed E-state index contributed by atoms with van der Waals surface area (Å²) in [6.07, 6.45) is 2.02. The molecule has 0 saturated carbocycles. The van der Waals surface area contributed by atoms with Crippen LogP contribution in [0.1, 0.15) is 18.4 Å². The minimum absolute atomic E-state index is 0.207. The summed E-state index contributed by atoms with van der Waals surface area (Å²) in [5, 5.41) is 0. The van der Waals surface area contributed by atoms with E-state index in [9.17, 15) is 13.2 Å². The molecule has 9 heteroatoms. The number of halogens is 3. The molecule has 2 aromatic rings. The average Bonchev–Trinajstić information content (AvgIpc) is 2.71. The molecule has 162 valence electrons. The maximum Gasteiger partial charge on any atom is 0.396 e. The lowest BCUT2D eigenvalue weighted by Crippen LogP contribution is -2.43. The molecule has 0 amide bonds. The maximum atomic E-state index is 13.0. The molecule has 0 spiro atoms. The molecule has 1 aromatic heterocycles. The van der Waals surface area contributed by atoms with Gasteiger partial charge in [-0.2, -0.15) is 13.2 Å². The summed E-state index contributed by atoms with van der Waals surface area (Å²) in [6.45, 7) is 4.48. The quantitative estimate of drug-likeness (QED) is 0.549. The predicted molar refractivity (Wildman–Crippen MR) is 117 cm³/mol. The van der Waals surface area contributed by atoms with Crippen LogP contribution in [-0.2, 0) is 0 Å². The second-order valence-electron chi connectivity index (χ2n) is 6.64. The first kappa shape index (κ1) is 23.9. The molecule has 1 unspecified atom stereocenters. The minimum atomic E-state index is -4.32. The Morgan fingerprint density at radius 2 is 1.73 bits per heavy atom. The monoisotopic (exact) mass is 437 g/mol. The van der Waals surface area contributed by atoms with Crippen LogP contribution in [0.15, 0.2) is 47.5 Å². The van der Waals surface area contributed by atoms with Gasteiger partial charge in [0.2, 0.25) is 0 Å². The molecule has 1 aromatic carbocycles. The fourth-order valence-corrected chi connectivity index (χ4v) is 3.88. The van der Waals surface area contributed by atoms with E-state index in [1.54, 1.807) is 43.3 Å². The van der Waals surface area contributed by atoms with E-state index in [1.165, 1.54) is 12.1 Å². The topological polar surface area (TPSA) is 71.4 Å². The number of nitrogens with zero attached hydrogens (tertiary/aromatic N) is 3. The van der Waals surface area contributed by atoms with E-state index in [0.717, 1.165) is 36.8 Å². The fraction of sp³-hybridized carbons (Fsp3) is 0.381. The summed E-state index contributed by atoms with van der Waals surface area (Å²) in [5.41, 5.74) is 12.0. The van der Waals surface area contributed by atoms with Crippen molar-refractivity contribution in [2.24, 2.45) is 5.73 Å². The van der Waals surface area contributed by atoms with Crippen molar-refractivity contribution >= 4 is 23.5 Å². The SMILES string of the molecule is C#CC.NCC(c1ccc(N2CCN(Sc3ccc(N)nc3)CC2)cc1)C(F)(F)F. The van der Waals surface area contributed by atoms with Gasteiger partial charge < -0.3 is 16.4 Å². The summed E-state index contributed by atoms with van der Waals surface area (Å²) < 4.78 is 41.2. The van der Waals surface area contributed by atoms with E-state index in [-0.39, 0.29) is 5.56 Å². The first-order chi connectivity index (χ1) is 14.3. The molecule has 0 bridgehead atoms. The second-order valence-corrected chi connectivity index (χ2v) is 7.81. The molecule has 1 atom stereocenters. The summed E-state index contributed by atoms with van der Waals surface area (Å²) in [6, 6.07) is 10.3. The van der Waals surface area contributed by atoms with Gasteiger partial charge >= 0.3 is 6.18 Å². The summed E-state index contributed by atoms with van der Waals surface area (Å²) in [5.74, 6) is 1.13. The molecule has 2 heterocycles. The largest absolute Gasteiger partial charge is 0.396 e. The Hall–Kier alpha value is -2.41. The number of rotatable bonds is 5. The van der Waals surface area contributed by atoms with Crippen molar-refractivity contribution in [2.75, 3.05) is 43.4 Å². The second kappa shape index (κ2) is 11.1. The van der Waals surface area contributed by atoms with Crippen molar-refractivity contribution in [1.82, 2.24) is 9.29 Å². The number of hydrogen-bond donors (Lipinski definition) is 2. The van der Waals surface area contributed by atoms with Gasteiger partial charge in [0, 0.05) is 49.5 Å². The number of terminal acetylenes is 1. The van der Waals surface area contributed by atoms with Gasteiger partial charge in [-0.3, -0.25) is 0 Å². The number of anilines is 2. The van der Waals surface area contributed by atoms with Crippen molar-refractivity contribution in [3.8, 4) is 12.3 Å². The fourth-order valence-electron chi connectivity index (χ4n) is 3.01. The van der Waals surface area contributed by atoms with Crippen molar-refractivity contribution < 1.29 is 13.2 Å². The maximum absolute atomic E-state index is 13.0. The van der Waals surface area contributed by atoms with Crippen LogP contribution in [0.3, 0.4) is 0 Å². The molecule has 1 saturated heterocycles. The number of alkyl halides is 3. The van der Waals surface area contributed by atoms with Crippen LogP contribution in [0.25, 0.3) is 0 Å². The predicted octanol–water partition coefficient (Wildman–Crippen LogP) is 3.74. The van der Waals surface area contributed by atoms with Gasteiger partial charge in [-0.05, 0) is 48.7 Å². The number of benzene rings is 1. The number of aromatic nitrogens is 1. The highest BCUT2D eigenvalue weighted by Gasteiger charge is 2.39. The third-order valence-corrected chi connectivity index (χ3v) is 5.60. The molecule has 0 aliphatic carbocycles. The highest BCUT2D eigenvalue weighted by Crippen LogP contribution is 2.35. The third-order valence-electron chi connectivity index (χ3n) is 4.52. The molecule has 1 aliphatic rings. The van der Waals surface area contributed by atoms with Crippen LogP contribution < -0.4 is 16.4 Å². The first-order valence-corrected chi connectivity index (χ1v) is 10.2. The van der Waals surface area contributed by atoms with Gasteiger partial charge in [0.15, 0.2) is 0 Å². The molecule has 4 N–H and O–H groups in total. The van der Waals surface area contributed by atoms with Crippen LogP contribution in [0.4, 0.5) is 24.7 Å². The Balaban J connectivity index is 0.00000101. The molecule has 5 nitrogen and oxygen atoms in total. The van der Waals surface area contributed by atoms with Crippen LogP contribution in [-0.4, -0.2) is 48.2 Å². The molecule has 3 rings (SSSR count). The van der Waals surface area contributed by atoms with E-state index >= 15 is 0 Å². The van der Waals surface area contributed by atoms with Crippen LogP contribution in [0, 0.1) is 12.3 Å². The van der Waals surface area contributed by atoms with Crippen molar-refractivity contribution in [3.05, 3.63) is 48.2 Å².